The predicted octanol–water partition coefficient (Wildman–Crippen LogP) is 2.81. The number of nitrogens with one attached hydrogen (secondary N) is 1. The minimum Gasteiger partial charge on any atom is -0.497 e. The lowest BCUT2D eigenvalue weighted by Crippen LogP contribution is -2.51. The van der Waals surface area contributed by atoms with Crippen molar-refractivity contribution < 1.29 is 23.2 Å². The molecule has 0 aliphatic rings. The molecule has 0 aliphatic heterocycles. The lowest BCUT2D eigenvalue weighted by molar-refractivity contribution is -0.135. The molecule has 28 heavy (non-hydrogen) atoms. The van der Waals surface area contributed by atoms with E-state index in [9.17, 15) is 18.4 Å². The third kappa shape index (κ3) is 4.89. The van der Waals surface area contributed by atoms with Gasteiger partial charge in [0.15, 0.2) is 0 Å². The van der Waals surface area contributed by atoms with E-state index >= 15 is 0 Å². The van der Waals surface area contributed by atoms with Crippen LogP contribution >= 0.6 is 0 Å². The largest absolute Gasteiger partial charge is 0.497 e. The Labute approximate surface area is 166 Å². The van der Waals surface area contributed by atoms with Crippen molar-refractivity contribution in [1.29, 1.82) is 0 Å². The van der Waals surface area contributed by atoms with Gasteiger partial charge in [0.25, 0.3) is 5.91 Å². The summed E-state index contributed by atoms with van der Waals surface area (Å²) in [4.78, 5) is 12.5. The van der Waals surface area contributed by atoms with Crippen LogP contribution < -0.4 is 10.2 Å². The number of sulfonamides is 1. The molecule has 2 N–H and O–H groups in total. The molecular weight excluding hydrogens is 380 g/mol. The summed E-state index contributed by atoms with van der Waals surface area (Å²) in [6.07, 6.45) is 0.557. The van der Waals surface area contributed by atoms with Crippen molar-refractivity contribution in [2.75, 3.05) is 7.11 Å². The van der Waals surface area contributed by atoms with Crippen LogP contribution in [0.4, 0.5) is 0 Å². The molecule has 1 amide bonds. The lowest BCUT2D eigenvalue weighted by atomic mass is 9.98. The van der Waals surface area contributed by atoms with Crippen LogP contribution in [-0.2, 0) is 21.4 Å². The van der Waals surface area contributed by atoms with Crippen LogP contribution in [0.3, 0.4) is 0 Å². The molecule has 2 aromatic rings. The molecule has 0 saturated carbocycles. The van der Waals surface area contributed by atoms with Crippen LogP contribution in [-0.4, -0.2) is 37.0 Å². The molecule has 7 nitrogen and oxygen atoms in total. The number of amides is 1. The van der Waals surface area contributed by atoms with Crippen molar-refractivity contribution >= 4 is 15.9 Å². The Morgan fingerprint density at radius 2 is 1.75 bits per heavy atom. The average Bonchev–Trinajstić information content (AvgIpc) is 2.73. The van der Waals surface area contributed by atoms with E-state index in [0.717, 1.165) is 9.87 Å². The quantitative estimate of drug-likeness (QED) is 0.493. The second-order valence-corrected chi connectivity index (χ2v) is 8.41. The maximum Gasteiger partial charge on any atom is 0.262 e. The van der Waals surface area contributed by atoms with Crippen LogP contribution in [0.15, 0.2) is 59.5 Å². The Hall–Kier alpha value is -2.42. The summed E-state index contributed by atoms with van der Waals surface area (Å²) >= 11 is 0. The summed E-state index contributed by atoms with van der Waals surface area (Å²) in [5.74, 6) is -0.550. The van der Waals surface area contributed by atoms with E-state index in [1.54, 1.807) is 48.8 Å². The minimum atomic E-state index is -4.03. The molecule has 0 saturated heterocycles. The van der Waals surface area contributed by atoms with E-state index in [4.69, 9.17) is 4.74 Å². The second kappa shape index (κ2) is 9.68. The Bertz CT molecular complexity index is 869. The van der Waals surface area contributed by atoms with Crippen molar-refractivity contribution in [3.05, 3.63) is 60.2 Å². The molecule has 0 aromatic heterocycles. The summed E-state index contributed by atoms with van der Waals surface area (Å²) in [7, 11) is -2.53. The number of hydrogen-bond donors (Lipinski definition) is 2. The first-order valence-corrected chi connectivity index (χ1v) is 10.4. The topological polar surface area (TPSA) is 95.9 Å². The number of nitrogens with zero attached hydrogens (tertiary/aromatic N) is 1. The van der Waals surface area contributed by atoms with Crippen molar-refractivity contribution in [3.63, 3.8) is 0 Å². The monoisotopic (exact) mass is 406 g/mol. The smallest absolute Gasteiger partial charge is 0.262 e. The Morgan fingerprint density at radius 1 is 1.14 bits per heavy atom. The Morgan fingerprint density at radius 3 is 2.25 bits per heavy atom. The molecule has 0 radical (unpaired) electrons. The number of hydrogen-bond acceptors (Lipinski definition) is 5. The fourth-order valence-corrected chi connectivity index (χ4v) is 4.61. The van der Waals surface area contributed by atoms with Crippen molar-refractivity contribution in [2.24, 2.45) is 5.92 Å². The SMILES string of the molecule is CCC(C)C(C(=O)NO)N(Cc1ccccc1)S(=O)(=O)c1ccc(OC)cc1. The van der Waals surface area contributed by atoms with Gasteiger partial charge >= 0.3 is 0 Å². The van der Waals surface area contributed by atoms with Gasteiger partial charge in [-0.2, -0.15) is 4.31 Å². The van der Waals surface area contributed by atoms with E-state index in [0.29, 0.717) is 12.2 Å². The summed E-state index contributed by atoms with van der Waals surface area (Å²) in [5.41, 5.74) is 2.36. The fraction of sp³-hybridized carbons (Fsp3) is 0.350. The van der Waals surface area contributed by atoms with Crippen LogP contribution in [0, 0.1) is 5.92 Å². The zero-order valence-corrected chi connectivity index (χ0v) is 17.0. The highest BCUT2D eigenvalue weighted by Gasteiger charge is 2.38. The van der Waals surface area contributed by atoms with E-state index in [1.165, 1.54) is 19.2 Å². The first kappa shape index (κ1) is 21.9. The maximum absolute atomic E-state index is 13.4. The van der Waals surface area contributed by atoms with Gasteiger partial charge < -0.3 is 4.74 Å². The zero-order chi connectivity index (χ0) is 20.7. The van der Waals surface area contributed by atoms with Gasteiger partial charge in [-0.15, -0.1) is 0 Å². The number of carbonyl (C=O) groups is 1. The minimum absolute atomic E-state index is 0.00235. The highest BCUT2D eigenvalue weighted by atomic mass is 32.2. The van der Waals surface area contributed by atoms with Crippen molar-refractivity contribution in [1.82, 2.24) is 9.79 Å². The predicted molar refractivity (Wildman–Crippen MR) is 105 cm³/mol. The molecular formula is C20H26N2O5S. The summed E-state index contributed by atoms with van der Waals surface area (Å²) in [6, 6.07) is 13.9. The number of hydroxylamine groups is 1. The molecule has 8 heteroatoms. The molecule has 152 valence electrons. The number of methoxy groups -OCH3 is 1. The molecule has 2 unspecified atom stereocenters. The lowest BCUT2D eigenvalue weighted by Gasteiger charge is -2.33. The van der Waals surface area contributed by atoms with E-state index in [2.05, 4.69) is 0 Å². The average molecular weight is 407 g/mol. The highest BCUT2D eigenvalue weighted by molar-refractivity contribution is 7.89. The van der Waals surface area contributed by atoms with Gasteiger partial charge in [0.2, 0.25) is 10.0 Å². The van der Waals surface area contributed by atoms with E-state index in [-0.39, 0.29) is 17.4 Å². The van der Waals surface area contributed by atoms with E-state index in [1.807, 2.05) is 13.0 Å². The molecule has 0 fully saturated rings. The van der Waals surface area contributed by atoms with Gasteiger partial charge in [-0.1, -0.05) is 50.6 Å². The molecule has 2 rings (SSSR count). The first-order valence-electron chi connectivity index (χ1n) is 8.98. The fourth-order valence-electron chi connectivity index (χ4n) is 2.94. The zero-order valence-electron chi connectivity index (χ0n) is 16.2. The number of ether oxygens (including phenoxy) is 1. The van der Waals surface area contributed by atoms with Crippen LogP contribution in [0.2, 0.25) is 0 Å². The standard InChI is InChI=1S/C20H26N2O5S/c1-4-15(2)19(20(23)21-24)22(14-16-8-6-5-7-9-16)28(25,26)18-12-10-17(27-3)11-13-18/h5-13,15,19,24H,4,14H2,1-3H3,(H,21,23). The third-order valence-corrected chi connectivity index (χ3v) is 6.56. The maximum atomic E-state index is 13.4. The van der Waals surface area contributed by atoms with Crippen molar-refractivity contribution in [2.45, 2.75) is 37.8 Å². The number of carbonyl (C=O) groups excluding carboxylic acids is 1. The molecule has 2 aromatic carbocycles. The molecule has 2 atom stereocenters. The van der Waals surface area contributed by atoms with Gasteiger partial charge in [-0.05, 0) is 35.7 Å². The van der Waals surface area contributed by atoms with Gasteiger partial charge in [-0.25, -0.2) is 13.9 Å². The third-order valence-electron chi connectivity index (χ3n) is 4.72. The number of benzene rings is 2. The van der Waals surface area contributed by atoms with Gasteiger partial charge in [0.1, 0.15) is 11.8 Å². The van der Waals surface area contributed by atoms with Crippen LogP contribution in [0.5, 0.6) is 5.75 Å². The van der Waals surface area contributed by atoms with E-state index < -0.39 is 22.0 Å². The number of rotatable bonds is 9. The first-order chi connectivity index (χ1) is 13.3. The van der Waals surface area contributed by atoms with Crippen molar-refractivity contribution in [3.8, 4) is 5.75 Å². The van der Waals surface area contributed by atoms with Gasteiger partial charge in [0.05, 0.1) is 12.0 Å². The molecule has 0 bridgehead atoms. The Balaban J connectivity index is 2.55. The van der Waals surface area contributed by atoms with Gasteiger partial charge in [0, 0.05) is 6.54 Å². The summed E-state index contributed by atoms with van der Waals surface area (Å²) in [5, 5.41) is 9.23. The normalized spacial score (nSPS) is 13.8. The van der Waals surface area contributed by atoms with Crippen LogP contribution in [0.1, 0.15) is 25.8 Å². The summed E-state index contributed by atoms with van der Waals surface area (Å²) < 4.78 is 33.1. The Kier molecular flexibility index (Phi) is 7.56. The molecule has 0 spiro atoms. The summed E-state index contributed by atoms with van der Waals surface area (Å²) in [6.45, 7) is 3.64. The highest BCUT2D eigenvalue weighted by Crippen LogP contribution is 2.27. The van der Waals surface area contributed by atoms with Crippen LogP contribution in [0.25, 0.3) is 0 Å². The molecule has 0 heterocycles. The second-order valence-electron chi connectivity index (χ2n) is 6.52. The van der Waals surface area contributed by atoms with Gasteiger partial charge in [-0.3, -0.25) is 10.0 Å². The molecule has 0 aliphatic carbocycles.